The van der Waals surface area contributed by atoms with Crippen molar-refractivity contribution in [1.29, 1.82) is 0 Å². The molecule has 0 bridgehead atoms. The molecule has 0 spiro atoms. The Morgan fingerprint density at radius 2 is 1.75 bits per heavy atom. The molecule has 2 fully saturated rings. The first-order valence-corrected chi connectivity index (χ1v) is 15.2. The summed E-state index contributed by atoms with van der Waals surface area (Å²) in [6.07, 6.45) is 2.65. The lowest BCUT2D eigenvalue weighted by Crippen LogP contribution is -2.38. The fourth-order valence-electron chi connectivity index (χ4n) is 6.51. The number of carboxylic acid groups (broad SMARTS) is 1. The van der Waals surface area contributed by atoms with Crippen LogP contribution in [0.5, 0.6) is 5.75 Å². The van der Waals surface area contributed by atoms with Crippen molar-refractivity contribution in [2.24, 2.45) is 11.8 Å². The number of ether oxygens (including phenoxy) is 1. The van der Waals surface area contributed by atoms with Gasteiger partial charge in [0, 0.05) is 43.5 Å². The van der Waals surface area contributed by atoms with Gasteiger partial charge in [-0.25, -0.2) is 4.98 Å². The number of carboxylic acids is 1. The first kappa shape index (κ1) is 29.9. The maximum Gasteiger partial charge on any atom is 0.391 e. The number of imidazole rings is 1. The molecule has 44 heavy (non-hydrogen) atoms. The van der Waals surface area contributed by atoms with Crippen LogP contribution in [0.2, 0.25) is 0 Å². The molecule has 11 heteroatoms. The number of aromatic nitrogens is 4. The number of fused-ring (bicyclic) bond motifs is 1. The quantitative estimate of drug-likeness (QED) is 0.233. The smallest absolute Gasteiger partial charge is 0.391 e. The molecule has 6 rings (SSSR count). The van der Waals surface area contributed by atoms with E-state index >= 15 is 0 Å². The number of piperidine rings is 1. The Morgan fingerprint density at radius 1 is 1.00 bits per heavy atom. The number of alkyl halides is 3. The standard InChI is InChI=1S/C33H36F3N5O3/c1-21-17-38-24(18-37-21)20-44-26-10-11-29-30(16-26)41(31(39-29)27-4-2-3-5-28(27)32(42)43)19-22-6-8-25(9-7-22)40-14-12-23(13-15-40)33(34,35)36/h6-11,16-18,23,27-28H,2-5,12-15,19-20H2,1H3,(H,42,43)/t27-,28+/m0/s1. The number of nitrogens with zero attached hydrogens (tertiary/aromatic N) is 5. The largest absolute Gasteiger partial charge is 0.487 e. The van der Waals surface area contributed by atoms with Gasteiger partial charge in [-0.05, 0) is 62.4 Å². The van der Waals surface area contributed by atoms with E-state index in [1.807, 2.05) is 54.3 Å². The zero-order valence-corrected chi connectivity index (χ0v) is 24.6. The zero-order chi connectivity index (χ0) is 30.8. The number of hydrogen-bond donors (Lipinski definition) is 1. The number of hydrogen-bond acceptors (Lipinski definition) is 6. The SMILES string of the molecule is Cc1cnc(COc2ccc3nc([C@H]4CCCC[C@H]4C(=O)O)n(Cc4ccc(N5CCC(C(F)(F)F)CC5)cc4)c3c2)cn1. The maximum absolute atomic E-state index is 13.1. The highest BCUT2D eigenvalue weighted by Crippen LogP contribution is 2.40. The fraction of sp³-hybridized carbons (Fsp3) is 0.455. The molecule has 0 radical (unpaired) electrons. The van der Waals surface area contributed by atoms with Crippen molar-refractivity contribution in [2.45, 2.75) is 70.7 Å². The van der Waals surface area contributed by atoms with E-state index in [4.69, 9.17) is 9.72 Å². The second-order valence-corrected chi connectivity index (χ2v) is 11.9. The molecule has 1 aliphatic carbocycles. The third kappa shape index (κ3) is 6.51. The minimum Gasteiger partial charge on any atom is -0.487 e. The molecule has 232 valence electrons. The average molecular weight is 608 g/mol. The molecule has 2 aromatic heterocycles. The van der Waals surface area contributed by atoms with Gasteiger partial charge in [-0.1, -0.05) is 25.0 Å². The van der Waals surface area contributed by atoms with E-state index in [0.29, 0.717) is 37.5 Å². The van der Waals surface area contributed by atoms with Crippen molar-refractivity contribution in [3.8, 4) is 5.75 Å². The molecule has 1 saturated carbocycles. The third-order valence-electron chi connectivity index (χ3n) is 8.99. The minimum atomic E-state index is -4.14. The molecule has 2 aromatic carbocycles. The minimum absolute atomic E-state index is 0.0999. The van der Waals surface area contributed by atoms with Gasteiger partial charge in [0.2, 0.25) is 0 Å². The Bertz CT molecular complexity index is 1600. The van der Waals surface area contributed by atoms with E-state index in [9.17, 15) is 23.1 Å². The number of aliphatic carboxylic acids is 1. The van der Waals surface area contributed by atoms with Crippen molar-refractivity contribution < 1.29 is 27.8 Å². The Hall–Kier alpha value is -4.15. The van der Waals surface area contributed by atoms with Gasteiger partial charge >= 0.3 is 12.1 Å². The Kier molecular flexibility index (Phi) is 8.46. The van der Waals surface area contributed by atoms with Crippen LogP contribution in [0.25, 0.3) is 11.0 Å². The van der Waals surface area contributed by atoms with Crippen LogP contribution in [0, 0.1) is 18.8 Å². The monoisotopic (exact) mass is 607 g/mol. The number of halogens is 3. The number of carbonyl (C=O) groups is 1. The number of benzene rings is 2. The highest BCUT2D eigenvalue weighted by atomic mass is 19.4. The highest BCUT2D eigenvalue weighted by molar-refractivity contribution is 5.79. The molecule has 0 unspecified atom stereocenters. The first-order chi connectivity index (χ1) is 21.2. The van der Waals surface area contributed by atoms with Crippen molar-refractivity contribution in [3.63, 3.8) is 0 Å². The van der Waals surface area contributed by atoms with Gasteiger partial charge in [0.25, 0.3) is 0 Å². The molecular formula is C33H36F3N5O3. The van der Waals surface area contributed by atoms with Crippen molar-refractivity contribution in [3.05, 3.63) is 77.6 Å². The van der Waals surface area contributed by atoms with E-state index in [1.165, 1.54) is 0 Å². The lowest BCUT2D eigenvalue weighted by Gasteiger charge is -2.34. The summed E-state index contributed by atoms with van der Waals surface area (Å²) in [5.74, 6) is -1.35. The van der Waals surface area contributed by atoms with E-state index in [2.05, 4.69) is 14.5 Å². The number of anilines is 1. The van der Waals surface area contributed by atoms with Gasteiger partial charge < -0.3 is 19.3 Å². The number of aryl methyl sites for hydroxylation is 1. The molecule has 2 aliphatic rings. The van der Waals surface area contributed by atoms with Crippen LogP contribution in [-0.2, 0) is 17.9 Å². The van der Waals surface area contributed by atoms with Crippen LogP contribution in [0.4, 0.5) is 18.9 Å². The molecular weight excluding hydrogens is 571 g/mol. The molecule has 8 nitrogen and oxygen atoms in total. The Labute approximate surface area is 253 Å². The molecule has 1 N–H and O–H groups in total. The molecule has 2 atom stereocenters. The topological polar surface area (TPSA) is 93.4 Å². The van der Waals surface area contributed by atoms with E-state index in [1.54, 1.807) is 12.4 Å². The lowest BCUT2D eigenvalue weighted by atomic mass is 9.78. The summed E-state index contributed by atoms with van der Waals surface area (Å²) in [4.78, 5) is 27.9. The Morgan fingerprint density at radius 3 is 2.43 bits per heavy atom. The summed E-state index contributed by atoms with van der Waals surface area (Å²) in [5, 5.41) is 10.0. The van der Waals surface area contributed by atoms with Crippen molar-refractivity contribution in [1.82, 2.24) is 19.5 Å². The molecule has 3 heterocycles. The average Bonchev–Trinajstić information content (AvgIpc) is 3.38. The lowest BCUT2D eigenvalue weighted by molar-refractivity contribution is -0.179. The van der Waals surface area contributed by atoms with E-state index in [-0.39, 0.29) is 25.4 Å². The molecule has 4 aromatic rings. The van der Waals surface area contributed by atoms with Crippen LogP contribution in [0.3, 0.4) is 0 Å². The first-order valence-electron chi connectivity index (χ1n) is 15.2. The summed E-state index contributed by atoms with van der Waals surface area (Å²) in [7, 11) is 0. The van der Waals surface area contributed by atoms with Crippen molar-refractivity contribution in [2.75, 3.05) is 18.0 Å². The van der Waals surface area contributed by atoms with Crippen LogP contribution in [0.1, 0.15) is 67.2 Å². The van der Waals surface area contributed by atoms with E-state index in [0.717, 1.165) is 53.1 Å². The predicted octanol–water partition coefficient (Wildman–Crippen LogP) is 6.90. The molecule has 0 amide bonds. The highest BCUT2D eigenvalue weighted by Gasteiger charge is 2.41. The van der Waals surface area contributed by atoms with E-state index < -0.39 is 24.0 Å². The van der Waals surface area contributed by atoms with Gasteiger partial charge in [-0.15, -0.1) is 0 Å². The third-order valence-corrected chi connectivity index (χ3v) is 8.99. The van der Waals surface area contributed by atoms with Crippen LogP contribution >= 0.6 is 0 Å². The van der Waals surface area contributed by atoms with Crippen molar-refractivity contribution >= 4 is 22.7 Å². The van der Waals surface area contributed by atoms with Gasteiger partial charge in [-0.3, -0.25) is 14.8 Å². The number of rotatable bonds is 8. The van der Waals surface area contributed by atoms with Gasteiger partial charge in [0.15, 0.2) is 0 Å². The summed E-state index contributed by atoms with van der Waals surface area (Å²) >= 11 is 0. The second kappa shape index (κ2) is 12.5. The maximum atomic E-state index is 13.1. The van der Waals surface area contributed by atoms with Crippen LogP contribution < -0.4 is 9.64 Å². The summed E-state index contributed by atoms with van der Waals surface area (Å²) in [6, 6.07) is 13.6. The second-order valence-electron chi connectivity index (χ2n) is 11.9. The van der Waals surface area contributed by atoms with Crippen LogP contribution in [-0.4, -0.2) is 49.9 Å². The normalized spacial score (nSPS) is 19.8. The Balaban J connectivity index is 1.27. The van der Waals surface area contributed by atoms with Crippen LogP contribution in [0.15, 0.2) is 54.9 Å². The summed E-state index contributed by atoms with van der Waals surface area (Å²) in [5.41, 5.74) is 5.04. The molecule has 1 aliphatic heterocycles. The summed E-state index contributed by atoms with van der Waals surface area (Å²) < 4.78 is 47.6. The molecule has 1 saturated heterocycles. The van der Waals surface area contributed by atoms with Gasteiger partial charge in [0.1, 0.15) is 18.2 Å². The van der Waals surface area contributed by atoms with Gasteiger partial charge in [-0.2, -0.15) is 13.2 Å². The zero-order valence-electron chi connectivity index (χ0n) is 24.6. The fourth-order valence-corrected chi connectivity index (χ4v) is 6.51. The predicted molar refractivity (Wildman–Crippen MR) is 160 cm³/mol. The van der Waals surface area contributed by atoms with Gasteiger partial charge in [0.05, 0.1) is 40.5 Å². The summed E-state index contributed by atoms with van der Waals surface area (Å²) in [6.45, 7) is 3.34.